The van der Waals surface area contributed by atoms with Crippen LogP contribution in [0.3, 0.4) is 0 Å². The highest BCUT2D eigenvalue weighted by Gasteiger charge is 2.35. The lowest BCUT2D eigenvalue weighted by atomic mass is 9.95. The number of ether oxygens (including phenoxy) is 1. The van der Waals surface area contributed by atoms with Crippen LogP contribution in [-0.4, -0.2) is 17.1 Å². The first-order valence-corrected chi connectivity index (χ1v) is 12.9. The molecule has 2 aromatic heterocycles. The average molecular weight is 553 g/mol. The first kappa shape index (κ1) is 26.4. The van der Waals surface area contributed by atoms with Crippen molar-refractivity contribution in [3.05, 3.63) is 114 Å². The average Bonchev–Trinajstić information content (AvgIpc) is 3.48. The van der Waals surface area contributed by atoms with Gasteiger partial charge in [0.15, 0.2) is 4.80 Å². The molecular formula is C29H23F3N2O4S. The summed E-state index contributed by atoms with van der Waals surface area (Å²) >= 11 is 1.10. The lowest BCUT2D eigenvalue weighted by Crippen LogP contribution is -2.39. The minimum absolute atomic E-state index is 0.0277. The summed E-state index contributed by atoms with van der Waals surface area (Å²) in [6.07, 6.45) is -3.08. The molecule has 200 valence electrons. The van der Waals surface area contributed by atoms with E-state index in [1.165, 1.54) is 41.0 Å². The zero-order valence-electron chi connectivity index (χ0n) is 21.2. The fourth-order valence-electron chi connectivity index (χ4n) is 4.51. The number of fused-ring (bicyclic) bond motifs is 1. The molecule has 1 aliphatic rings. The first-order valence-electron chi connectivity index (χ1n) is 12.1. The predicted octanol–water partition coefficient (Wildman–Crippen LogP) is 5.39. The van der Waals surface area contributed by atoms with Gasteiger partial charge in [-0.25, -0.2) is 9.79 Å². The summed E-state index contributed by atoms with van der Waals surface area (Å²) in [6.45, 7) is 5.50. The van der Waals surface area contributed by atoms with E-state index in [4.69, 9.17) is 9.15 Å². The van der Waals surface area contributed by atoms with Gasteiger partial charge in [0.25, 0.3) is 5.56 Å². The fraction of sp³-hybridized carbons (Fsp3) is 0.207. The summed E-state index contributed by atoms with van der Waals surface area (Å²) in [5.41, 5.74) is 1.12. The molecule has 39 heavy (non-hydrogen) atoms. The van der Waals surface area contributed by atoms with Crippen LogP contribution < -0.4 is 14.9 Å². The first-order chi connectivity index (χ1) is 18.6. The number of halogens is 3. The third kappa shape index (κ3) is 4.99. The van der Waals surface area contributed by atoms with E-state index in [9.17, 15) is 22.8 Å². The summed E-state index contributed by atoms with van der Waals surface area (Å²) in [5, 5.41) is 0. The highest BCUT2D eigenvalue weighted by Crippen LogP contribution is 2.37. The van der Waals surface area contributed by atoms with Gasteiger partial charge in [-0.1, -0.05) is 59.4 Å². The van der Waals surface area contributed by atoms with Crippen LogP contribution in [0.1, 0.15) is 42.3 Å². The van der Waals surface area contributed by atoms with Gasteiger partial charge < -0.3 is 9.15 Å². The van der Waals surface area contributed by atoms with Crippen molar-refractivity contribution in [3.63, 3.8) is 0 Å². The summed E-state index contributed by atoms with van der Waals surface area (Å²) < 4.78 is 53.2. The molecule has 4 aromatic rings. The summed E-state index contributed by atoms with van der Waals surface area (Å²) in [5.74, 6) is -0.321. The van der Waals surface area contributed by atoms with Gasteiger partial charge in [-0.2, -0.15) is 13.2 Å². The zero-order valence-corrected chi connectivity index (χ0v) is 22.0. The van der Waals surface area contributed by atoms with Gasteiger partial charge >= 0.3 is 12.1 Å². The molecule has 2 aromatic carbocycles. The Morgan fingerprint density at radius 1 is 1.10 bits per heavy atom. The van der Waals surface area contributed by atoms with Crippen molar-refractivity contribution in [2.45, 2.75) is 33.0 Å². The molecular weight excluding hydrogens is 529 g/mol. The molecule has 10 heteroatoms. The number of furan rings is 1. The minimum Gasteiger partial charge on any atom is -0.463 e. The molecule has 1 aliphatic heterocycles. The number of nitrogens with zero attached hydrogens (tertiary/aromatic N) is 2. The van der Waals surface area contributed by atoms with Crippen LogP contribution in [0.2, 0.25) is 0 Å². The van der Waals surface area contributed by atoms with E-state index < -0.39 is 29.3 Å². The maximum absolute atomic E-state index is 13.7. The molecule has 6 nitrogen and oxygen atoms in total. The number of thiazole rings is 1. The lowest BCUT2D eigenvalue weighted by molar-refractivity contribution is -0.139. The number of hydrogen-bond donors (Lipinski definition) is 0. The van der Waals surface area contributed by atoms with Crippen LogP contribution in [0.15, 0.2) is 86.1 Å². The van der Waals surface area contributed by atoms with Crippen molar-refractivity contribution in [1.29, 1.82) is 0 Å². The highest BCUT2D eigenvalue weighted by molar-refractivity contribution is 7.07. The van der Waals surface area contributed by atoms with E-state index >= 15 is 0 Å². The number of esters is 1. The van der Waals surface area contributed by atoms with Gasteiger partial charge in [-0.3, -0.25) is 9.36 Å². The van der Waals surface area contributed by atoms with Crippen LogP contribution in [0.4, 0.5) is 13.2 Å². The van der Waals surface area contributed by atoms with E-state index in [-0.39, 0.29) is 33.8 Å². The second-order valence-electron chi connectivity index (χ2n) is 8.96. The number of carbonyl (C=O) groups excluding carboxylic acids is 1. The van der Waals surface area contributed by atoms with Crippen LogP contribution in [-0.2, 0) is 15.7 Å². The third-order valence-electron chi connectivity index (χ3n) is 6.31. The Labute approximate surface area is 225 Å². The van der Waals surface area contributed by atoms with Gasteiger partial charge in [-0.05, 0) is 44.5 Å². The largest absolute Gasteiger partial charge is 0.463 e. The van der Waals surface area contributed by atoms with Crippen molar-refractivity contribution in [1.82, 2.24) is 4.57 Å². The van der Waals surface area contributed by atoms with Gasteiger partial charge in [0.1, 0.15) is 11.5 Å². The summed E-state index contributed by atoms with van der Waals surface area (Å²) in [4.78, 5) is 31.5. The number of benzene rings is 2. The molecule has 0 bridgehead atoms. The molecule has 0 spiro atoms. The Kier molecular flexibility index (Phi) is 6.90. The number of hydrogen-bond acceptors (Lipinski definition) is 6. The van der Waals surface area contributed by atoms with Crippen molar-refractivity contribution in [3.8, 4) is 11.3 Å². The van der Waals surface area contributed by atoms with Crippen LogP contribution >= 0.6 is 11.3 Å². The van der Waals surface area contributed by atoms with E-state index in [1.54, 1.807) is 13.8 Å². The van der Waals surface area contributed by atoms with Gasteiger partial charge in [-0.15, -0.1) is 0 Å². The highest BCUT2D eigenvalue weighted by atomic mass is 32.1. The van der Waals surface area contributed by atoms with Crippen molar-refractivity contribution < 1.29 is 27.1 Å². The normalized spacial score (nSPS) is 15.7. The van der Waals surface area contributed by atoms with Crippen molar-refractivity contribution >= 4 is 23.4 Å². The van der Waals surface area contributed by atoms with Crippen LogP contribution in [0, 0.1) is 6.92 Å². The molecule has 0 radical (unpaired) electrons. The molecule has 0 saturated carbocycles. The quantitative estimate of drug-likeness (QED) is 0.312. The van der Waals surface area contributed by atoms with Crippen LogP contribution in [0.5, 0.6) is 0 Å². The summed E-state index contributed by atoms with van der Waals surface area (Å²) in [6, 6.07) is 14.8. The topological polar surface area (TPSA) is 73.8 Å². The number of carbonyl (C=O) groups is 1. The molecule has 3 heterocycles. The molecule has 1 atom stereocenters. The minimum atomic E-state index is -4.55. The number of aromatic nitrogens is 1. The van der Waals surface area contributed by atoms with Gasteiger partial charge in [0.05, 0.1) is 34.0 Å². The Morgan fingerprint density at radius 3 is 2.51 bits per heavy atom. The SMILES string of the molecule is CCOC(=O)C1=C(C)N=c2s/c(=C\c3ccc(-c4ccccc4C(F)(F)F)o3)c(=O)n2[C@H]1c1ccc(C)cc1. The van der Waals surface area contributed by atoms with E-state index in [1.807, 2.05) is 31.2 Å². The monoisotopic (exact) mass is 552 g/mol. The molecule has 0 unspecified atom stereocenters. The zero-order chi connectivity index (χ0) is 27.9. The molecule has 0 aliphatic carbocycles. The Hall–Kier alpha value is -4.18. The third-order valence-corrected chi connectivity index (χ3v) is 7.29. The Bertz CT molecular complexity index is 1780. The maximum atomic E-state index is 13.7. The second kappa shape index (κ2) is 10.2. The number of aryl methyl sites for hydroxylation is 1. The van der Waals surface area contributed by atoms with E-state index in [0.29, 0.717) is 10.5 Å². The van der Waals surface area contributed by atoms with E-state index in [0.717, 1.165) is 28.5 Å². The van der Waals surface area contributed by atoms with Crippen molar-refractivity contribution in [2.75, 3.05) is 6.61 Å². The lowest BCUT2D eigenvalue weighted by Gasteiger charge is -2.24. The van der Waals surface area contributed by atoms with Gasteiger partial charge in [0.2, 0.25) is 0 Å². The fourth-order valence-corrected chi connectivity index (χ4v) is 5.53. The van der Waals surface area contributed by atoms with Crippen LogP contribution in [0.25, 0.3) is 17.4 Å². The second-order valence-corrected chi connectivity index (χ2v) is 9.97. The standard InChI is InChI=1S/C29H23F3N2O4S/c1-4-37-27(36)24-17(3)33-28-34(25(24)18-11-9-16(2)10-12-18)26(35)23(39-28)15-19-13-14-22(38-19)20-7-5-6-8-21(20)29(30,31)32/h5-15,25H,4H2,1-3H3/b23-15-/t25-/m0/s1. The molecule has 0 fully saturated rings. The molecule has 0 saturated heterocycles. The number of rotatable bonds is 5. The van der Waals surface area contributed by atoms with Gasteiger partial charge in [0, 0.05) is 11.6 Å². The Balaban J connectivity index is 1.63. The van der Waals surface area contributed by atoms with E-state index in [2.05, 4.69) is 4.99 Å². The van der Waals surface area contributed by atoms with Crippen molar-refractivity contribution in [2.24, 2.45) is 4.99 Å². The summed E-state index contributed by atoms with van der Waals surface area (Å²) in [7, 11) is 0. The maximum Gasteiger partial charge on any atom is 0.417 e. The molecule has 0 N–H and O–H groups in total. The Morgan fingerprint density at radius 2 is 1.82 bits per heavy atom. The smallest absolute Gasteiger partial charge is 0.417 e. The predicted molar refractivity (Wildman–Crippen MR) is 141 cm³/mol. The molecule has 0 amide bonds. The molecule has 5 rings (SSSR count). The number of allylic oxidation sites excluding steroid dienone is 1. The number of alkyl halides is 3.